The molecule has 0 unspecified atom stereocenters. The minimum absolute atomic E-state index is 0.0393. The largest absolute Gasteiger partial charge is 0.395 e. The summed E-state index contributed by atoms with van der Waals surface area (Å²) in [6, 6.07) is 13.3. The minimum atomic E-state index is -3.90. The van der Waals surface area contributed by atoms with Gasteiger partial charge in [0, 0.05) is 18.1 Å². The number of hydrogen-bond acceptors (Lipinski definition) is 4. The molecule has 0 bridgehead atoms. The number of rotatable bonds is 8. The molecule has 2 aromatic rings. The van der Waals surface area contributed by atoms with Gasteiger partial charge >= 0.3 is 0 Å². The fourth-order valence-electron chi connectivity index (χ4n) is 2.31. The number of carbonyl (C=O) groups excluding carboxylic acids is 1. The van der Waals surface area contributed by atoms with Gasteiger partial charge in [0.1, 0.15) is 0 Å². The summed E-state index contributed by atoms with van der Waals surface area (Å²) < 4.78 is 27.1. The molecule has 0 aliphatic carbocycles. The van der Waals surface area contributed by atoms with Crippen LogP contribution in [0.1, 0.15) is 11.1 Å². The van der Waals surface area contributed by atoms with Gasteiger partial charge in [0.05, 0.1) is 18.0 Å². The zero-order chi connectivity index (χ0) is 19.2. The Morgan fingerprint density at radius 2 is 1.81 bits per heavy atom. The van der Waals surface area contributed by atoms with E-state index in [0.717, 1.165) is 9.87 Å². The second-order valence-corrected chi connectivity index (χ2v) is 8.10. The number of nitrogens with zero attached hydrogens (tertiary/aromatic N) is 1. The van der Waals surface area contributed by atoms with Gasteiger partial charge < -0.3 is 10.4 Å². The molecular weight excluding hydrogens is 376 g/mol. The lowest BCUT2D eigenvalue weighted by atomic mass is 10.2. The van der Waals surface area contributed by atoms with Crippen LogP contribution in [0.4, 0.5) is 0 Å². The third kappa shape index (κ3) is 5.28. The van der Waals surface area contributed by atoms with Gasteiger partial charge in [-0.25, -0.2) is 8.42 Å². The summed E-state index contributed by atoms with van der Waals surface area (Å²) in [7, 11) is -3.90. The second-order valence-electron chi connectivity index (χ2n) is 5.75. The third-order valence-corrected chi connectivity index (χ3v) is 5.89. The van der Waals surface area contributed by atoms with Gasteiger partial charge in [-0.15, -0.1) is 0 Å². The summed E-state index contributed by atoms with van der Waals surface area (Å²) in [6.45, 7) is 1.29. The van der Waals surface area contributed by atoms with Crippen molar-refractivity contribution in [3.05, 3.63) is 64.7 Å². The fraction of sp³-hybridized carbons (Fsp3) is 0.278. The Kier molecular flexibility index (Phi) is 7.16. The highest BCUT2D eigenvalue weighted by molar-refractivity contribution is 7.89. The van der Waals surface area contributed by atoms with Crippen molar-refractivity contribution in [1.82, 2.24) is 9.62 Å². The lowest BCUT2D eigenvalue weighted by Gasteiger charge is -2.22. The lowest BCUT2D eigenvalue weighted by Crippen LogP contribution is -2.41. The van der Waals surface area contributed by atoms with Crippen LogP contribution in [0.25, 0.3) is 0 Å². The molecule has 8 heteroatoms. The Hall–Kier alpha value is -1.93. The van der Waals surface area contributed by atoms with E-state index in [1.807, 2.05) is 6.92 Å². The van der Waals surface area contributed by atoms with Crippen molar-refractivity contribution in [1.29, 1.82) is 0 Å². The van der Waals surface area contributed by atoms with E-state index in [9.17, 15) is 13.2 Å². The van der Waals surface area contributed by atoms with Crippen molar-refractivity contribution in [2.24, 2.45) is 0 Å². The Labute approximate surface area is 158 Å². The van der Waals surface area contributed by atoms with Gasteiger partial charge in [-0.1, -0.05) is 47.5 Å². The number of hydrogen-bond donors (Lipinski definition) is 2. The van der Waals surface area contributed by atoms with Crippen LogP contribution in [0, 0.1) is 6.92 Å². The molecule has 1 amide bonds. The summed E-state index contributed by atoms with van der Waals surface area (Å²) in [4.78, 5) is 12.2. The van der Waals surface area contributed by atoms with Crippen LogP contribution in [0.5, 0.6) is 0 Å². The summed E-state index contributed by atoms with van der Waals surface area (Å²) >= 11 is 6.15. The number of amides is 1. The predicted molar refractivity (Wildman–Crippen MR) is 100 cm³/mol. The zero-order valence-electron chi connectivity index (χ0n) is 14.4. The van der Waals surface area contributed by atoms with E-state index < -0.39 is 15.9 Å². The first kappa shape index (κ1) is 20.4. The molecule has 0 heterocycles. The van der Waals surface area contributed by atoms with Crippen molar-refractivity contribution < 1.29 is 18.3 Å². The molecule has 0 radical (unpaired) electrons. The molecule has 0 aromatic heterocycles. The van der Waals surface area contributed by atoms with Crippen LogP contribution >= 0.6 is 11.6 Å². The highest BCUT2D eigenvalue weighted by Gasteiger charge is 2.27. The monoisotopic (exact) mass is 396 g/mol. The Bertz CT molecular complexity index is 854. The highest BCUT2D eigenvalue weighted by atomic mass is 35.5. The molecule has 6 nitrogen and oxygen atoms in total. The van der Waals surface area contributed by atoms with Crippen molar-refractivity contribution >= 4 is 27.5 Å². The fourth-order valence-corrected chi connectivity index (χ4v) is 3.88. The lowest BCUT2D eigenvalue weighted by molar-refractivity contribution is -0.121. The summed E-state index contributed by atoms with van der Waals surface area (Å²) in [5.41, 5.74) is 1.53. The van der Waals surface area contributed by atoms with E-state index >= 15 is 0 Å². The number of aliphatic hydroxyl groups is 1. The first-order valence-electron chi connectivity index (χ1n) is 8.02. The molecule has 2 aromatic carbocycles. The van der Waals surface area contributed by atoms with Crippen LogP contribution in [0.2, 0.25) is 5.02 Å². The maximum absolute atomic E-state index is 13.0. The zero-order valence-corrected chi connectivity index (χ0v) is 15.9. The Balaban J connectivity index is 2.34. The van der Waals surface area contributed by atoms with Gasteiger partial charge in [-0.3, -0.25) is 4.79 Å². The van der Waals surface area contributed by atoms with E-state index in [1.165, 1.54) is 12.1 Å². The molecular formula is C18H21ClN2O4S. The van der Waals surface area contributed by atoms with Crippen molar-refractivity contribution in [2.45, 2.75) is 18.4 Å². The van der Waals surface area contributed by atoms with Crippen LogP contribution < -0.4 is 5.32 Å². The number of benzene rings is 2. The number of nitrogens with one attached hydrogen (secondary N) is 1. The van der Waals surface area contributed by atoms with Crippen molar-refractivity contribution in [2.75, 3.05) is 19.7 Å². The van der Waals surface area contributed by atoms with Crippen molar-refractivity contribution in [3.63, 3.8) is 0 Å². The number of carbonyl (C=O) groups is 1. The first-order chi connectivity index (χ1) is 12.3. The minimum Gasteiger partial charge on any atom is -0.395 e. The highest BCUT2D eigenvalue weighted by Crippen LogP contribution is 2.22. The molecule has 0 spiro atoms. The maximum Gasteiger partial charge on any atom is 0.243 e. The van der Waals surface area contributed by atoms with Gasteiger partial charge in [0.25, 0.3) is 0 Å². The molecule has 0 aliphatic rings. The molecule has 0 atom stereocenters. The molecule has 0 saturated heterocycles. The summed E-state index contributed by atoms with van der Waals surface area (Å²) in [6.07, 6.45) is 0. The van der Waals surface area contributed by atoms with Gasteiger partial charge in [-0.05, 0) is 30.7 Å². The van der Waals surface area contributed by atoms with E-state index in [-0.39, 0.29) is 31.1 Å². The van der Waals surface area contributed by atoms with E-state index in [0.29, 0.717) is 10.6 Å². The van der Waals surface area contributed by atoms with E-state index in [1.54, 1.807) is 36.4 Å². The summed E-state index contributed by atoms with van der Waals surface area (Å²) in [5, 5.41) is 11.7. The first-order valence-corrected chi connectivity index (χ1v) is 9.84. The van der Waals surface area contributed by atoms with Crippen LogP contribution in [0.3, 0.4) is 0 Å². The molecule has 0 aliphatic heterocycles. The molecule has 26 heavy (non-hydrogen) atoms. The SMILES string of the molecule is Cc1ccc(S(=O)(=O)N(CC(=O)NCCO)Cc2ccccc2Cl)cc1. The van der Waals surface area contributed by atoms with Gasteiger partial charge in [0.2, 0.25) is 15.9 Å². The van der Waals surface area contributed by atoms with Crippen LogP contribution in [-0.2, 0) is 21.4 Å². The Morgan fingerprint density at radius 3 is 2.42 bits per heavy atom. The average molecular weight is 397 g/mol. The Morgan fingerprint density at radius 1 is 1.15 bits per heavy atom. The molecule has 0 fully saturated rings. The summed E-state index contributed by atoms with van der Waals surface area (Å²) in [5.74, 6) is -0.498. The van der Waals surface area contributed by atoms with Crippen LogP contribution in [-0.4, -0.2) is 43.4 Å². The molecule has 2 N–H and O–H groups in total. The third-order valence-electron chi connectivity index (χ3n) is 3.72. The second kappa shape index (κ2) is 9.14. The normalized spacial score (nSPS) is 11.5. The number of sulfonamides is 1. The molecule has 0 saturated carbocycles. The number of aryl methyl sites for hydroxylation is 1. The topological polar surface area (TPSA) is 86.7 Å². The smallest absolute Gasteiger partial charge is 0.243 e. The van der Waals surface area contributed by atoms with E-state index in [4.69, 9.17) is 16.7 Å². The standard InChI is InChI=1S/C18H21ClN2O4S/c1-14-6-8-16(9-7-14)26(24,25)21(13-18(23)20-10-11-22)12-15-4-2-3-5-17(15)19/h2-9,22H,10-13H2,1H3,(H,20,23). The van der Waals surface area contributed by atoms with Gasteiger partial charge in [0.15, 0.2) is 0 Å². The predicted octanol–water partition coefficient (Wildman–Crippen LogP) is 1.95. The molecule has 2 rings (SSSR count). The van der Waals surface area contributed by atoms with Gasteiger partial charge in [-0.2, -0.15) is 4.31 Å². The molecule has 140 valence electrons. The number of halogens is 1. The number of aliphatic hydroxyl groups excluding tert-OH is 1. The quantitative estimate of drug-likeness (QED) is 0.714. The van der Waals surface area contributed by atoms with E-state index in [2.05, 4.69) is 5.32 Å². The average Bonchev–Trinajstić information content (AvgIpc) is 2.61. The van der Waals surface area contributed by atoms with Crippen molar-refractivity contribution in [3.8, 4) is 0 Å². The van der Waals surface area contributed by atoms with Crippen LogP contribution in [0.15, 0.2) is 53.4 Å². The maximum atomic E-state index is 13.0.